The Morgan fingerprint density at radius 2 is 1.27 bits per heavy atom. The van der Waals surface area contributed by atoms with Gasteiger partial charge in [-0.25, -0.2) is 14.7 Å². The van der Waals surface area contributed by atoms with Gasteiger partial charge in [0.2, 0.25) is 11.7 Å². The minimum atomic E-state index is -0.539. The van der Waals surface area contributed by atoms with Gasteiger partial charge in [0.15, 0.2) is 0 Å². The van der Waals surface area contributed by atoms with Gasteiger partial charge < -0.3 is 14.2 Å². The molecule has 5 aromatic rings. The van der Waals surface area contributed by atoms with Crippen LogP contribution in [0, 0.1) is 13.8 Å². The van der Waals surface area contributed by atoms with E-state index in [9.17, 15) is 9.59 Å². The lowest BCUT2D eigenvalue weighted by molar-refractivity contribution is -0.128. The van der Waals surface area contributed by atoms with Crippen LogP contribution in [0.5, 0.6) is 11.6 Å². The van der Waals surface area contributed by atoms with Gasteiger partial charge >= 0.3 is 6.09 Å². The number of benzene rings is 4. The molecule has 1 aromatic heterocycles. The number of aryl methyl sites for hydroxylation is 2. The van der Waals surface area contributed by atoms with Gasteiger partial charge in [-0.1, -0.05) is 135 Å². The van der Waals surface area contributed by atoms with Crippen LogP contribution in [0.15, 0.2) is 122 Å². The fourth-order valence-electron chi connectivity index (χ4n) is 4.93. The van der Waals surface area contributed by atoms with Crippen LogP contribution in [0.4, 0.5) is 4.79 Å². The summed E-state index contributed by atoms with van der Waals surface area (Å²) in [6.07, 6.45) is 1.78. The second kappa shape index (κ2) is 18.6. The fourth-order valence-corrected chi connectivity index (χ4v) is 4.93. The number of amides is 2. The molecule has 0 saturated carbocycles. The van der Waals surface area contributed by atoms with Crippen LogP contribution in [0.3, 0.4) is 0 Å². The van der Waals surface area contributed by atoms with Gasteiger partial charge in [-0.15, -0.1) is 0 Å². The van der Waals surface area contributed by atoms with Gasteiger partial charge in [0.25, 0.3) is 5.88 Å². The zero-order valence-electron chi connectivity index (χ0n) is 28.0. The van der Waals surface area contributed by atoms with Crippen LogP contribution >= 0.6 is 0 Å². The summed E-state index contributed by atoms with van der Waals surface area (Å²) in [5, 5.41) is 0. The zero-order chi connectivity index (χ0) is 34.1. The number of hydrogen-bond donors (Lipinski definition) is 0. The average molecular weight is 646 g/mol. The first-order valence-electron chi connectivity index (χ1n) is 16.2. The van der Waals surface area contributed by atoms with Gasteiger partial charge in [-0.05, 0) is 42.5 Å². The Hall–Kier alpha value is -5.50. The van der Waals surface area contributed by atoms with E-state index in [1.807, 2.05) is 143 Å². The second-order valence-corrected chi connectivity index (χ2v) is 11.0. The van der Waals surface area contributed by atoms with E-state index in [0.717, 1.165) is 33.5 Å². The molecule has 8 nitrogen and oxygen atoms in total. The first kappa shape index (κ1) is 35.4. The van der Waals surface area contributed by atoms with Crippen molar-refractivity contribution in [1.82, 2.24) is 14.9 Å². The molecule has 1 aliphatic heterocycles. The number of carbonyl (C=O) groups is 2. The lowest BCUT2D eigenvalue weighted by Gasteiger charge is -2.19. The molecule has 248 valence electrons. The monoisotopic (exact) mass is 645 g/mol. The van der Waals surface area contributed by atoms with E-state index in [0.29, 0.717) is 31.3 Å². The Balaban J connectivity index is 0.000000206. The predicted molar refractivity (Wildman–Crippen MR) is 187 cm³/mol. The molecule has 1 fully saturated rings. The van der Waals surface area contributed by atoms with E-state index >= 15 is 0 Å². The molecule has 1 atom stereocenters. The zero-order valence-corrected chi connectivity index (χ0v) is 28.0. The van der Waals surface area contributed by atoms with Crippen molar-refractivity contribution in [2.45, 2.75) is 59.8 Å². The summed E-state index contributed by atoms with van der Waals surface area (Å²) in [6, 6.07) is 37.3. The van der Waals surface area contributed by atoms with Gasteiger partial charge in [-0.2, -0.15) is 4.98 Å². The van der Waals surface area contributed by atoms with Crippen molar-refractivity contribution < 1.29 is 23.8 Å². The number of rotatable bonds is 10. The number of hydrogen-bond acceptors (Lipinski definition) is 7. The Kier molecular flexibility index (Phi) is 13.7. The summed E-state index contributed by atoms with van der Waals surface area (Å²) in [4.78, 5) is 34.1. The number of ether oxygens (including phenoxy) is 3. The summed E-state index contributed by atoms with van der Waals surface area (Å²) < 4.78 is 16.8. The fraction of sp³-hybridized carbons (Fsp3) is 0.250. The highest BCUT2D eigenvalue weighted by Crippen LogP contribution is 2.28. The average Bonchev–Trinajstić information content (AvgIpc) is 3.49. The van der Waals surface area contributed by atoms with Gasteiger partial charge in [0.05, 0.1) is 18.2 Å². The second-order valence-electron chi connectivity index (χ2n) is 11.0. The Bertz CT molecular complexity index is 1700. The highest BCUT2D eigenvalue weighted by atomic mass is 16.6. The third kappa shape index (κ3) is 10.5. The van der Waals surface area contributed by atoms with Crippen molar-refractivity contribution in [2.24, 2.45) is 0 Å². The molecular weight excluding hydrogens is 602 g/mol. The molecule has 2 heterocycles. The van der Waals surface area contributed by atoms with Crippen LogP contribution in [0.2, 0.25) is 0 Å². The van der Waals surface area contributed by atoms with Crippen LogP contribution in [0.25, 0.3) is 0 Å². The predicted octanol–water partition coefficient (Wildman–Crippen LogP) is 8.10. The maximum absolute atomic E-state index is 12.5. The van der Waals surface area contributed by atoms with Gasteiger partial charge in [0, 0.05) is 0 Å². The number of imide groups is 1. The minimum absolute atomic E-state index is 0.209. The maximum atomic E-state index is 12.5. The number of nitrogens with zero attached hydrogens (tertiary/aromatic N) is 3. The van der Waals surface area contributed by atoms with Crippen molar-refractivity contribution in [3.63, 3.8) is 0 Å². The molecule has 48 heavy (non-hydrogen) atoms. The van der Waals surface area contributed by atoms with Crippen molar-refractivity contribution in [3.05, 3.63) is 155 Å². The highest BCUT2D eigenvalue weighted by Gasteiger charge is 2.37. The number of cyclic esters (lactones) is 1. The van der Waals surface area contributed by atoms with Crippen molar-refractivity contribution in [1.29, 1.82) is 0 Å². The Morgan fingerprint density at radius 3 is 1.85 bits per heavy atom. The van der Waals surface area contributed by atoms with E-state index in [2.05, 4.69) is 9.97 Å². The SMILES string of the molecule is CC.Cc1ccc(CC(=O)N2C(=O)OCC2Cc2ccccc2)cc1.Cc1ncnc(OCc2ccccc2)c1OCc1ccccc1. The molecule has 0 aliphatic carbocycles. The van der Waals surface area contributed by atoms with Gasteiger partial charge in [-0.3, -0.25) is 4.79 Å². The van der Waals surface area contributed by atoms with Crippen LogP contribution < -0.4 is 9.47 Å². The Morgan fingerprint density at radius 1 is 0.729 bits per heavy atom. The summed E-state index contributed by atoms with van der Waals surface area (Å²) in [5.41, 5.74) is 6.06. The molecule has 6 rings (SSSR count). The summed E-state index contributed by atoms with van der Waals surface area (Å²) in [7, 11) is 0. The molecule has 4 aromatic carbocycles. The molecule has 1 unspecified atom stereocenters. The molecule has 0 spiro atoms. The topological polar surface area (TPSA) is 90.9 Å². The molecule has 8 heteroatoms. The van der Waals surface area contributed by atoms with Crippen molar-refractivity contribution in [3.8, 4) is 11.6 Å². The largest absolute Gasteiger partial charge is 0.482 e. The highest BCUT2D eigenvalue weighted by molar-refractivity contribution is 5.94. The van der Waals surface area contributed by atoms with Crippen LogP contribution in [-0.2, 0) is 35.6 Å². The smallest absolute Gasteiger partial charge is 0.416 e. The molecular formula is C40H43N3O5. The summed E-state index contributed by atoms with van der Waals surface area (Å²) in [6.45, 7) is 9.04. The third-order valence-electron chi connectivity index (χ3n) is 7.41. The first-order chi connectivity index (χ1) is 23.5. The number of carbonyl (C=O) groups excluding carboxylic acids is 2. The van der Waals surface area contributed by atoms with Crippen molar-refractivity contribution in [2.75, 3.05) is 6.61 Å². The van der Waals surface area contributed by atoms with E-state index in [-0.39, 0.29) is 25.0 Å². The Labute approximate surface area is 283 Å². The molecule has 0 radical (unpaired) electrons. The quantitative estimate of drug-likeness (QED) is 0.152. The molecule has 0 N–H and O–H groups in total. The summed E-state index contributed by atoms with van der Waals surface area (Å²) in [5.74, 6) is 0.849. The van der Waals surface area contributed by atoms with Gasteiger partial charge in [0.1, 0.15) is 26.1 Å². The van der Waals surface area contributed by atoms with E-state index in [4.69, 9.17) is 14.2 Å². The van der Waals surface area contributed by atoms with Crippen molar-refractivity contribution >= 4 is 12.0 Å². The summed E-state index contributed by atoms with van der Waals surface area (Å²) >= 11 is 0. The normalized spacial score (nSPS) is 13.3. The lowest BCUT2D eigenvalue weighted by atomic mass is 10.0. The number of aromatic nitrogens is 2. The third-order valence-corrected chi connectivity index (χ3v) is 7.41. The maximum Gasteiger partial charge on any atom is 0.416 e. The van der Waals surface area contributed by atoms with E-state index < -0.39 is 6.09 Å². The molecule has 1 aliphatic rings. The molecule has 2 amide bonds. The minimum Gasteiger partial charge on any atom is -0.482 e. The first-order valence-corrected chi connectivity index (χ1v) is 16.2. The molecule has 1 saturated heterocycles. The van der Waals surface area contributed by atoms with E-state index in [1.165, 1.54) is 11.2 Å². The van der Waals surface area contributed by atoms with Crippen LogP contribution in [-0.4, -0.2) is 39.5 Å². The van der Waals surface area contributed by atoms with E-state index in [1.54, 1.807) is 0 Å². The van der Waals surface area contributed by atoms with Crippen LogP contribution in [0.1, 0.15) is 47.4 Å². The standard InChI is InChI=1S/C19H18N2O2.C19H19NO3.C2H6/c1-15-18(22-12-16-8-4-2-5-9-16)19(21-14-20-15)23-13-17-10-6-3-7-11-17;1-14-7-9-16(10-8-14)12-18(21)20-17(13-23-19(20)22)11-15-5-3-2-4-6-15;1-2/h2-11,14H,12-13H2,1H3;2-10,17H,11-13H2,1H3;1-2H3. The molecule has 0 bridgehead atoms. The lowest BCUT2D eigenvalue weighted by Crippen LogP contribution is -2.41.